The number of nitrogens with zero attached hydrogens (tertiary/aromatic N) is 3. The molecule has 1 aromatic carbocycles. The Morgan fingerprint density at radius 3 is 2.92 bits per heavy atom. The summed E-state index contributed by atoms with van der Waals surface area (Å²) in [6.07, 6.45) is 4.55. The molecule has 0 amide bonds. The highest BCUT2D eigenvalue weighted by atomic mass is 19.1. The molecule has 1 aliphatic heterocycles. The van der Waals surface area contributed by atoms with Gasteiger partial charge in [0.2, 0.25) is 5.89 Å². The second-order valence-corrected chi connectivity index (χ2v) is 6.68. The minimum Gasteiger partial charge on any atom is -0.489 e. The van der Waals surface area contributed by atoms with Crippen LogP contribution in [0, 0.1) is 5.82 Å². The van der Waals surface area contributed by atoms with Crippen molar-refractivity contribution in [3.8, 4) is 5.75 Å². The Balaban J connectivity index is 1.29. The van der Waals surface area contributed by atoms with Crippen LogP contribution in [0.4, 0.5) is 4.39 Å². The molecule has 1 saturated heterocycles. The van der Waals surface area contributed by atoms with Gasteiger partial charge in [-0.25, -0.2) is 4.39 Å². The largest absolute Gasteiger partial charge is 0.489 e. The first-order chi connectivity index (χ1) is 11.8. The smallest absolute Gasteiger partial charge is 0.229 e. The summed E-state index contributed by atoms with van der Waals surface area (Å²) in [7, 11) is 0. The molecule has 0 N–H and O–H groups in total. The van der Waals surface area contributed by atoms with Crippen LogP contribution in [-0.4, -0.2) is 41.3 Å². The van der Waals surface area contributed by atoms with Gasteiger partial charge in [-0.15, -0.1) is 0 Å². The summed E-state index contributed by atoms with van der Waals surface area (Å²) in [6, 6.07) is 6.52. The molecule has 128 valence electrons. The lowest BCUT2D eigenvalue weighted by molar-refractivity contribution is 0.164. The fourth-order valence-electron chi connectivity index (χ4n) is 3.23. The minimum atomic E-state index is -0.312. The van der Waals surface area contributed by atoms with Gasteiger partial charge in [0.15, 0.2) is 17.4 Å². The van der Waals surface area contributed by atoms with Crippen molar-refractivity contribution in [1.29, 1.82) is 0 Å². The van der Waals surface area contributed by atoms with E-state index in [4.69, 9.17) is 9.26 Å². The van der Waals surface area contributed by atoms with Gasteiger partial charge in [-0.3, -0.25) is 4.90 Å². The summed E-state index contributed by atoms with van der Waals surface area (Å²) < 4.78 is 24.5. The van der Waals surface area contributed by atoms with Crippen LogP contribution in [0.1, 0.15) is 49.2 Å². The van der Waals surface area contributed by atoms with Gasteiger partial charge in [-0.05, 0) is 44.4 Å². The molecule has 0 spiro atoms. The lowest BCUT2D eigenvalue weighted by Gasteiger charge is -2.31. The monoisotopic (exact) mass is 331 g/mol. The Morgan fingerprint density at radius 1 is 1.21 bits per heavy atom. The zero-order valence-corrected chi connectivity index (χ0v) is 13.7. The Bertz CT molecular complexity index is 686. The van der Waals surface area contributed by atoms with E-state index in [1.807, 2.05) is 0 Å². The van der Waals surface area contributed by atoms with Gasteiger partial charge in [-0.1, -0.05) is 17.3 Å². The fourth-order valence-corrected chi connectivity index (χ4v) is 3.23. The van der Waals surface area contributed by atoms with Crippen molar-refractivity contribution in [1.82, 2.24) is 15.0 Å². The van der Waals surface area contributed by atoms with E-state index in [9.17, 15) is 4.39 Å². The number of likely N-dealkylation sites (tertiary alicyclic amines) is 1. The van der Waals surface area contributed by atoms with Gasteiger partial charge in [0.05, 0.1) is 0 Å². The van der Waals surface area contributed by atoms with Crippen molar-refractivity contribution >= 4 is 0 Å². The molecule has 2 aromatic rings. The average molecular weight is 331 g/mol. The molecule has 1 saturated carbocycles. The summed E-state index contributed by atoms with van der Waals surface area (Å²) in [5, 5.41) is 4.18. The third-order valence-electron chi connectivity index (χ3n) is 4.76. The Morgan fingerprint density at radius 2 is 2.08 bits per heavy atom. The molecular formula is C18H22FN3O2. The molecule has 24 heavy (non-hydrogen) atoms. The molecule has 4 rings (SSSR count). The van der Waals surface area contributed by atoms with Crippen LogP contribution >= 0.6 is 0 Å². The van der Waals surface area contributed by atoms with E-state index in [-0.39, 0.29) is 5.82 Å². The normalized spacial score (nSPS) is 21.8. The van der Waals surface area contributed by atoms with Crippen molar-refractivity contribution in [2.24, 2.45) is 0 Å². The number of aromatic nitrogens is 2. The molecule has 2 aliphatic rings. The molecule has 2 fully saturated rings. The number of ether oxygens (including phenoxy) is 1. The first-order valence-electron chi connectivity index (χ1n) is 8.73. The first kappa shape index (κ1) is 15.6. The standard InChI is InChI=1S/C18H22FN3O2/c19-15-5-1-2-6-16(15)23-11-10-22-9-3-4-14(12-22)17-20-18(24-21-17)13-7-8-13/h1-2,5-6,13-14H,3-4,7-12H2. The minimum absolute atomic E-state index is 0.312. The zero-order chi connectivity index (χ0) is 16.4. The van der Waals surface area contributed by atoms with Gasteiger partial charge in [0.25, 0.3) is 0 Å². The molecule has 0 bridgehead atoms. The Labute approximate surface area is 140 Å². The highest BCUT2D eigenvalue weighted by Gasteiger charge is 2.32. The van der Waals surface area contributed by atoms with Crippen LogP contribution in [0.5, 0.6) is 5.75 Å². The van der Waals surface area contributed by atoms with E-state index in [2.05, 4.69) is 15.0 Å². The lowest BCUT2D eigenvalue weighted by Crippen LogP contribution is -2.37. The quantitative estimate of drug-likeness (QED) is 0.812. The van der Waals surface area contributed by atoms with Gasteiger partial charge in [0.1, 0.15) is 6.61 Å². The molecule has 1 unspecified atom stereocenters. The molecule has 0 radical (unpaired) electrons. The second-order valence-electron chi connectivity index (χ2n) is 6.68. The topological polar surface area (TPSA) is 51.4 Å². The molecule has 5 nitrogen and oxygen atoms in total. The zero-order valence-electron chi connectivity index (χ0n) is 13.7. The van der Waals surface area contributed by atoms with Crippen LogP contribution in [0.25, 0.3) is 0 Å². The summed E-state index contributed by atoms with van der Waals surface area (Å²) in [4.78, 5) is 6.92. The number of piperidine rings is 1. The summed E-state index contributed by atoms with van der Waals surface area (Å²) in [6.45, 7) is 3.19. The van der Waals surface area contributed by atoms with E-state index >= 15 is 0 Å². The van der Waals surface area contributed by atoms with Gasteiger partial charge < -0.3 is 9.26 Å². The van der Waals surface area contributed by atoms with Crippen molar-refractivity contribution in [2.45, 2.75) is 37.5 Å². The molecule has 1 aromatic heterocycles. The highest BCUT2D eigenvalue weighted by Crippen LogP contribution is 2.39. The van der Waals surface area contributed by atoms with E-state index in [0.29, 0.717) is 24.2 Å². The third kappa shape index (κ3) is 3.59. The SMILES string of the molecule is Fc1ccccc1OCCN1CCCC(c2noc(C3CC3)n2)C1. The van der Waals surface area contributed by atoms with Crippen LogP contribution in [-0.2, 0) is 0 Å². The maximum Gasteiger partial charge on any atom is 0.229 e. The number of halogens is 1. The number of hydrogen-bond acceptors (Lipinski definition) is 5. The van der Waals surface area contributed by atoms with Crippen molar-refractivity contribution < 1.29 is 13.7 Å². The summed E-state index contributed by atoms with van der Waals surface area (Å²) >= 11 is 0. The molecule has 1 atom stereocenters. The van der Waals surface area contributed by atoms with Gasteiger partial charge in [-0.2, -0.15) is 4.98 Å². The van der Waals surface area contributed by atoms with Crippen molar-refractivity contribution in [3.05, 3.63) is 41.8 Å². The first-order valence-corrected chi connectivity index (χ1v) is 8.73. The second kappa shape index (κ2) is 6.89. The van der Waals surface area contributed by atoms with E-state index < -0.39 is 0 Å². The van der Waals surface area contributed by atoms with Crippen LogP contribution in [0.2, 0.25) is 0 Å². The highest BCUT2D eigenvalue weighted by molar-refractivity contribution is 5.23. The van der Waals surface area contributed by atoms with E-state index in [1.165, 1.54) is 18.9 Å². The lowest BCUT2D eigenvalue weighted by atomic mass is 9.97. The van der Waals surface area contributed by atoms with E-state index in [1.54, 1.807) is 18.2 Å². The van der Waals surface area contributed by atoms with Crippen molar-refractivity contribution in [2.75, 3.05) is 26.2 Å². The van der Waals surface area contributed by atoms with Crippen LogP contribution in [0.15, 0.2) is 28.8 Å². The van der Waals surface area contributed by atoms with Crippen LogP contribution < -0.4 is 4.74 Å². The Hall–Kier alpha value is -1.95. The maximum atomic E-state index is 13.5. The Kier molecular flexibility index (Phi) is 4.47. The van der Waals surface area contributed by atoms with Crippen molar-refractivity contribution in [3.63, 3.8) is 0 Å². The summed E-state index contributed by atoms with van der Waals surface area (Å²) in [5.74, 6) is 2.48. The number of hydrogen-bond donors (Lipinski definition) is 0. The molecular weight excluding hydrogens is 309 g/mol. The average Bonchev–Trinajstić information content (AvgIpc) is 3.34. The van der Waals surface area contributed by atoms with Gasteiger partial charge >= 0.3 is 0 Å². The number of benzene rings is 1. The van der Waals surface area contributed by atoms with Crippen LogP contribution in [0.3, 0.4) is 0 Å². The number of rotatable bonds is 6. The molecule has 2 heterocycles. The molecule has 1 aliphatic carbocycles. The van der Waals surface area contributed by atoms with Gasteiger partial charge in [0, 0.05) is 24.9 Å². The predicted molar refractivity (Wildman–Crippen MR) is 86.6 cm³/mol. The third-order valence-corrected chi connectivity index (χ3v) is 4.76. The number of para-hydroxylation sites is 1. The summed E-state index contributed by atoms with van der Waals surface area (Å²) in [5.41, 5.74) is 0. The predicted octanol–water partition coefficient (Wildman–Crippen LogP) is 3.34. The molecule has 6 heteroatoms. The fraction of sp³-hybridized carbons (Fsp3) is 0.556. The van der Waals surface area contributed by atoms with E-state index in [0.717, 1.165) is 44.2 Å². The maximum absolute atomic E-state index is 13.5.